The fourth-order valence-corrected chi connectivity index (χ4v) is 6.21. The number of fused-ring (bicyclic) bond motifs is 1. The molecule has 1 aromatic heterocycles. The molecule has 0 radical (unpaired) electrons. The van der Waals surface area contributed by atoms with Gasteiger partial charge in [-0.3, -0.25) is 4.79 Å². The van der Waals surface area contributed by atoms with Crippen molar-refractivity contribution in [2.24, 2.45) is 0 Å². The largest absolute Gasteiger partial charge is 0.585 e. The standard InChI is InChI=1S/C43H35O10P/c44-41-37-23-13-14-24-38(37)50-42(36-25-26-39(46-28-32-15-5-1-6-16-32)40(27-36)47-29-33-17-7-2-8-18-33)43(41)51-54(45,52-48-30-34-19-9-3-10-20-34)53-49-31-35-21-11-4-12-22-35/h1-27H,28-31H2. The Morgan fingerprint density at radius 1 is 0.500 bits per heavy atom. The van der Waals surface area contributed by atoms with Crippen molar-refractivity contribution in [1.29, 1.82) is 0 Å². The summed E-state index contributed by atoms with van der Waals surface area (Å²) < 4.78 is 49.6. The van der Waals surface area contributed by atoms with Crippen molar-refractivity contribution in [3.05, 3.63) is 196 Å². The van der Waals surface area contributed by atoms with Crippen molar-refractivity contribution in [2.75, 3.05) is 0 Å². The lowest BCUT2D eigenvalue weighted by atomic mass is 10.1. The molecule has 0 N–H and O–H groups in total. The molecule has 0 aliphatic carbocycles. The summed E-state index contributed by atoms with van der Waals surface area (Å²) in [4.78, 5) is 24.8. The van der Waals surface area contributed by atoms with Gasteiger partial charge in [0, 0.05) is 5.56 Å². The summed E-state index contributed by atoms with van der Waals surface area (Å²) in [6.07, 6.45) is 0. The first kappa shape index (κ1) is 36.4. The van der Waals surface area contributed by atoms with E-state index in [1.165, 1.54) is 0 Å². The van der Waals surface area contributed by atoms with E-state index in [2.05, 4.69) is 0 Å². The predicted molar refractivity (Wildman–Crippen MR) is 202 cm³/mol. The molecular formula is C43H35O10P. The Bertz CT molecular complexity index is 2320. The van der Waals surface area contributed by atoms with Crippen LogP contribution in [0.15, 0.2) is 173 Å². The van der Waals surface area contributed by atoms with Crippen molar-refractivity contribution >= 4 is 18.8 Å². The Morgan fingerprint density at radius 2 is 0.963 bits per heavy atom. The minimum absolute atomic E-state index is 0.0728. The molecule has 0 aliphatic heterocycles. The maximum atomic E-state index is 14.3. The Balaban J connectivity index is 1.24. The first-order valence-corrected chi connectivity index (χ1v) is 18.5. The first-order valence-electron chi connectivity index (χ1n) is 17.1. The SMILES string of the molecule is O=c1c(OP(=O)(OOCc2ccccc2)OOCc2ccccc2)c(-c2ccc(OCc3ccccc3)c(OCc3ccccc3)c2)oc2ccccc12. The summed E-state index contributed by atoms with van der Waals surface area (Å²) >= 11 is 0. The maximum absolute atomic E-state index is 14.3. The lowest BCUT2D eigenvalue weighted by Crippen LogP contribution is -2.12. The van der Waals surface area contributed by atoms with E-state index in [9.17, 15) is 9.36 Å². The minimum Gasteiger partial charge on any atom is -0.485 e. The summed E-state index contributed by atoms with van der Waals surface area (Å²) in [5.41, 5.74) is 3.31. The number of hydrogen-bond acceptors (Lipinski definition) is 10. The van der Waals surface area contributed by atoms with Gasteiger partial charge in [0.25, 0.3) is 0 Å². The average molecular weight is 743 g/mol. The summed E-state index contributed by atoms with van der Waals surface area (Å²) in [6, 6.07) is 49.2. The van der Waals surface area contributed by atoms with Gasteiger partial charge in [-0.05, 0) is 52.6 Å². The van der Waals surface area contributed by atoms with Gasteiger partial charge in [0.15, 0.2) is 17.3 Å². The van der Waals surface area contributed by atoms with E-state index in [0.717, 1.165) is 22.3 Å². The molecule has 0 spiro atoms. The molecule has 7 aromatic rings. The number of hydrogen-bond donors (Lipinski definition) is 0. The number of phosphoric acid groups is 1. The molecule has 1 heterocycles. The molecule has 0 saturated carbocycles. The predicted octanol–water partition coefficient (Wildman–Crippen LogP) is 10.4. The summed E-state index contributed by atoms with van der Waals surface area (Å²) in [5.74, 6) is 0.277. The molecule has 10 nitrogen and oxygen atoms in total. The minimum atomic E-state index is -4.85. The van der Waals surface area contributed by atoms with E-state index in [1.54, 1.807) is 66.7 Å². The zero-order valence-electron chi connectivity index (χ0n) is 28.9. The molecule has 54 heavy (non-hydrogen) atoms. The van der Waals surface area contributed by atoms with Gasteiger partial charge in [-0.15, -0.1) is 9.35 Å². The third-order valence-electron chi connectivity index (χ3n) is 8.06. The summed E-state index contributed by atoms with van der Waals surface area (Å²) in [7, 11) is -4.85. The molecule has 0 unspecified atom stereocenters. The van der Waals surface area contributed by atoms with E-state index in [0.29, 0.717) is 17.1 Å². The second-order valence-electron chi connectivity index (χ2n) is 12.0. The smallest absolute Gasteiger partial charge is 0.485 e. The Hall–Kier alpha value is -6.00. The Labute approximate surface area is 311 Å². The van der Waals surface area contributed by atoms with Crippen LogP contribution >= 0.6 is 7.82 Å². The summed E-state index contributed by atoms with van der Waals surface area (Å²) in [6.45, 7) is 0.292. The zero-order valence-corrected chi connectivity index (χ0v) is 29.8. The van der Waals surface area contributed by atoms with E-state index >= 15 is 0 Å². The molecule has 7 rings (SSSR count). The van der Waals surface area contributed by atoms with Gasteiger partial charge < -0.3 is 18.4 Å². The second kappa shape index (κ2) is 17.7. The number of para-hydroxylation sites is 1. The van der Waals surface area contributed by atoms with Crippen LogP contribution in [0.2, 0.25) is 0 Å². The molecule has 0 aliphatic rings. The average Bonchev–Trinajstić information content (AvgIpc) is 3.22. The van der Waals surface area contributed by atoms with Crippen LogP contribution in [0.1, 0.15) is 22.3 Å². The van der Waals surface area contributed by atoms with Crippen molar-refractivity contribution in [3.8, 4) is 28.6 Å². The van der Waals surface area contributed by atoms with Gasteiger partial charge >= 0.3 is 7.82 Å². The number of ether oxygens (including phenoxy) is 2. The molecule has 0 atom stereocenters. The summed E-state index contributed by atoms with van der Waals surface area (Å²) in [5, 5.41) is 0.168. The Kier molecular flexibility index (Phi) is 11.9. The second-order valence-corrected chi connectivity index (χ2v) is 13.4. The van der Waals surface area contributed by atoms with Crippen LogP contribution in [0.25, 0.3) is 22.3 Å². The van der Waals surface area contributed by atoms with E-state index in [1.807, 2.05) is 97.1 Å². The molecule has 6 aromatic carbocycles. The van der Waals surface area contributed by atoms with Gasteiger partial charge in [0.05, 0.1) is 5.39 Å². The normalized spacial score (nSPS) is 11.3. The van der Waals surface area contributed by atoms with Gasteiger partial charge in [-0.25, -0.2) is 14.3 Å². The zero-order chi connectivity index (χ0) is 37.0. The van der Waals surface area contributed by atoms with Crippen molar-refractivity contribution in [3.63, 3.8) is 0 Å². The van der Waals surface area contributed by atoms with Crippen molar-refractivity contribution in [1.82, 2.24) is 0 Å². The lowest BCUT2D eigenvalue weighted by molar-refractivity contribution is -0.287. The fraction of sp³-hybridized carbons (Fsp3) is 0.0930. The van der Waals surface area contributed by atoms with Gasteiger partial charge in [0.2, 0.25) is 11.2 Å². The lowest BCUT2D eigenvalue weighted by Gasteiger charge is -2.19. The van der Waals surface area contributed by atoms with Gasteiger partial charge in [0.1, 0.15) is 32.0 Å². The van der Waals surface area contributed by atoms with E-state index in [4.69, 9.17) is 37.5 Å². The number of rotatable bonds is 17. The molecular weight excluding hydrogens is 707 g/mol. The first-order chi connectivity index (χ1) is 26.5. The molecule has 11 heteroatoms. The molecule has 0 fully saturated rings. The number of benzene rings is 6. The fourth-order valence-electron chi connectivity index (χ4n) is 5.37. The topological polar surface area (TPSA) is 112 Å². The highest BCUT2D eigenvalue weighted by molar-refractivity contribution is 7.48. The molecule has 0 bridgehead atoms. The van der Waals surface area contributed by atoms with Crippen LogP contribution in [-0.2, 0) is 50.1 Å². The highest BCUT2D eigenvalue weighted by atomic mass is 31.2. The van der Waals surface area contributed by atoms with Crippen molar-refractivity contribution < 1.29 is 42.1 Å². The molecule has 0 amide bonds. The van der Waals surface area contributed by atoms with E-state index in [-0.39, 0.29) is 43.2 Å². The van der Waals surface area contributed by atoms with Crippen LogP contribution in [0.4, 0.5) is 0 Å². The highest BCUT2D eigenvalue weighted by Gasteiger charge is 2.36. The van der Waals surface area contributed by atoms with Crippen LogP contribution < -0.4 is 19.4 Å². The monoisotopic (exact) mass is 742 g/mol. The van der Waals surface area contributed by atoms with Gasteiger partial charge in [-0.1, -0.05) is 133 Å². The van der Waals surface area contributed by atoms with Crippen LogP contribution in [0.5, 0.6) is 17.2 Å². The highest BCUT2D eigenvalue weighted by Crippen LogP contribution is 2.52. The third kappa shape index (κ3) is 9.50. The van der Waals surface area contributed by atoms with E-state index < -0.39 is 19.0 Å². The Morgan fingerprint density at radius 3 is 1.50 bits per heavy atom. The third-order valence-corrected chi connectivity index (χ3v) is 9.05. The molecule has 272 valence electrons. The van der Waals surface area contributed by atoms with Crippen LogP contribution in [-0.4, -0.2) is 0 Å². The van der Waals surface area contributed by atoms with Gasteiger partial charge in [-0.2, -0.15) is 0 Å². The quantitative estimate of drug-likeness (QED) is 0.0508. The molecule has 0 saturated heterocycles. The van der Waals surface area contributed by atoms with Crippen LogP contribution in [0.3, 0.4) is 0 Å². The van der Waals surface area contributed by atoms with Crippen molar-refractivity contribution in [2.45, 2.75) is 26.4 Å². The maximum Gasteiger partial charge on any atom is 0.585 e. The van der Waals surface area contributed by atoms with Crippen LogP contribution in [0, 0.1) is 0 Å².